The fourth-order valence-corrected chi connectivity index (χ4v) is 1.79. The van der Waals surface area contributed by atoms with Crippen molar-refractivity contribution < 1.29 is 9.47 Å². The molecule has 0 amide bonds. The predicted molar refractivity (Wildman–Crippen MR) is 70.2 cm³/mol. The van der Waals surface area contributed by atoms with Crippen LogP contribution in [0, 0.1) is 4.77 Å². The van der Waals surface area contributed by atoms with Gasteiger partial charge in [-0.15, -0.1) is 0 Å². The van der Waals surface area contributed by atoms with Crippen molar-refractivity contribution in [3.63, 3.8) is 0 Å². The zero-order chi connectivity index (χ0) is 13.1. The summed E-state index contributed by atoms with van der Waals surface area (Å²) >= 11 is 4.94. The minimum atomic E-state index is 0.161. The van der Waals surface area contributed by atoms with E-state index in [-0.39, 0.29) is 10.7 Å². The SMILES string of the molecule is COc1cccc(OC)c1-c1nc(=S)nc(N)[nH]1. The van der Waals surface area contributed by atoms with Gasteiger partial charge in [-0.25, -0.2) is 0 Å². The van der Waals surface area contributed by atoms with Crippen molar-refractivity contribution in [3.8, 4) is 22.9 Å². The molecule has 0 saturated heterocycles. The molecule has 0 atom stereocenters. The number of H-pyrrole nitrogens is 1. The third-order valence-electron chi connectivity index (χ3n) is 2.33. The number of nitrogens with two attached hydrogens (primary N) is 1. The van der Waals surface area contributed by atoms with Crippen LogP contribution < -0.4 is 15.2 Å². The summed E-state index contributed by atoms with van der Waals surface area (Å²) in [5.74, 6) is 1.87. The Morgan fingerprint density at radius 1 is 1.17 bits per heavy atom. The number of hydrogen-bond acceptors (Lipinski definition) is 6. The summed E-state index contributed by atoms with van der Waals surface area (Å²) in [6.45, 7) is 0. The Morgan fingerprint density at radius 2 is 1.78 bits per heavy atom. The highest BCUT2D eigenvalue weighted by molar-refractivity contribution is 7.71. The monoisotopic (exact) mass is 264 g/mol. The molecule has 0 bridgehead atoms. The van der Waals surface area contributed by atoms with Crippen molar-refractivity contribution in [2.45, 2.75) is 0 Å². The summed E-state index contributed by atoms with van der Waals surface area (Å²) < 4.78 is 10.7. The number of ether oxygens (including phenoxy) is 2. The van der Waals surface area contributed by atoms with Crippen LogP contribution in [-0.2, 0) is 0 Å². The van der Waals surface area contributed by atoms with Crippen LogP contribution in [-0.4, -0.2) is 29.2 Å². The van der Waals surface area contributed by atoms with E-state index >= 15 is 0 Å². The molecule has 0 spiro atoms. The molecule has 0 saturated carbocycles. The Hall–Kier alpha value is -2.15. The Morgan fingerprint density at radius 3 is 2.28 bits per heavy atom. The average molecular weight is 264 g/mol. The second kappa shape index (κ2) is 5.01. The van der Waals surface area contributed by atoms with Gasteiger partial charge < -0.3 is 20.2 Å². The highest BCUT2D eigenvalue weighted by atomic mass is 32.1. The molecule has 3 N–H and O–H groups in total. The summed E-state index contributed by atoms with van der Waals surface area (Å²) in [5, 5.41) is 0. The molecule has 6 nitrogen and oxygen atoms in total. The number of nitrogens with zero attached hydrogens (tertiary/aromatic N) is 2. The topological polar surface area (TPSA) is 86.1 Å². The Bertz CT molecular complexity index is 604. The molecule has 1 aromatic heterocycles. The van der Waals surface area contributed by atoms with Crippen LogP contribution in [0.4, 0.5) is 5.95 Å². The van der Waals surface area contributed by atoms with Crippen molar-refractivity contribution in [1.29, 1.82) is 0 Å². The second-order valence-electron chi connectivity index (χ2n) is 3.40. The van der Waals surface area contributed by atoms with E-state index < -0.39 is 0 Å². The number of nitrogens with one attached hydrogen (secondary N) is 1. The zero-order valence-corrected chi connectivity index (χ0v) is 10.7. The van der Waals surface area contributed by atoms with Gasteiger partial charge in [-0.3, -0.25) is 0 Å². The van der Waals surface area contributed by atoms with Gasteiger partial charge in [-0.2, -0.15) is 9.97 Å². The van der Waals surface area contributed by atoms with Crippen molar-refractivity contribution in [2.24, 2.45) is 0 Å². The van der Waals surface area contributed by atoms with Gasteiger partial charge in [0.2, 0.25) is 10.7 Å². The number of aromatic nitrogens is 3. The first-order valence-corrected chi connectivity index (χ1v) is 5.51. The lowest BCUT2D eigenvalue weighted by Gasteiger charge is -2.12. The molecule has 1 heterocycles. The minimum absolute atomic E-state index is 0.161. The van der Waals surface area contributed by atoms with Crippen LogP contribution in [0.2, 0.25) is 0 Å². The summed E-state index contributed by atoms with van der Waals surface area (Å²) in [5.41, 5.74) is 6.28. The number of rotatable bonds is 3. The van der Waals surface area contributed by atoms with Crippen LogP contribution in [0.1, 0.15) is 0 Å². The first-order valence-electron chi connectivity index (χ1n) is 5.11. The van der Waals surface area contributed by atoms with E-state index in [1.54, 1.807) is 26.4 Å². The largest absolute Gasteiger partial charge is 0.496 e. The highest BCUT2D eigenvalue weighted by Gasteiger charge is 2.14. The first-order chi connectivity index (χ1) is 8.65. The summed E-state index contributed by atoms with van der Waals surface area (Å²) in [6.07, 6.45) is 0. The van der Waals surface area contributed by atoms with Crippen LogP contribution in [0.5, 0.6) is 11.5 Å². The Balaban J connectivity index is 2.72. The van der Waals surface area contributed by atoms with Crippen LogP contribution in [0.15, 0.2) is 18.2 Å². The van der Waals surface area contributed by atoms with E-state index in [1.807, 2.05) is 6.07 Å². The quantitative estimate of drug-likeness (QED) is 0.822. The lowest BCUT2D eigenvalue weighted by Crippen LogP contribution is -2.02. The molecule has 0 aliphatic rings. The van der Waals surface area contributed by atoms with Gasteiger partial charge in [0.25, 0.3) is 0 Å². The number of aromatic amines is 1. The summed E-state index contributed by atoms with van der Waals surface area (Å²) in [6, 6.07) is 5.42. The van der Waals surface area contributed by atoms with E-state index in [9.17, 15) is 0 Å². The van der Waals surface area contributed by atoms with Gasteiger partial charge in [0.15, 0.2) is 5.82 Å². The van der Waals surface area contributed by atoms with E-state index in [2.05, 4.69) is 15.0 Å². The third kappa shape index (κ3) is 2.25. The molecule has 7 heteroatoms. The smallest absolute Gasteiger partial charge is 0.224 e. The lowest BCUT2D eigenvalue weighted by molar-refractivity contribution is 0.397. The normalized spacial score (nSPS) is 10.1. The molecule has 0 fully saturated rings. The van der Waals surface area contributed by atoms with Crippen LogP contribution in [0.3, 0.4) is 0 Å². The van der Waals surface area contributed by atoms with E-state index in [0.717, 1.165) is 0 Å². The molecule has 0 aliphatic carbocycles. The third-order valence-corrected chi connectivity index (χ3v) is 2.52. The van der Waals surface area contributed by atoms with Crippen LogP contribution >= 0.6 is 12.2 Å². The molecule has 2 aromatic rings. The van der Waals surface area contributed by atoms with Crippen LogP contribution in [0.25, 0.3) is 11.4 Å². The first kappa shape index (κ1) is 12.3. The van der Waals surface area contributed by atoms with Gasteiger partial charge in [0, 0.05) is 0 Å². The predicted octanol–water partition coefficient (Wildman–Crippen LogP) is 1.80. The summed E-state index contributed by atoms with van der Waals surface area (Å²) in [4.78, 5) is 10.8. The van der Waals surface area contributed by atoms with Gasteiger partial charge in [-0.1, -0.05) is 6.07 Å². The summed E-state index contributed by atoms with van der Waals surface area (Å²) in [7, 11) is 3.13. The van der Waals surface area contributed by atoms with Crippen molar-refractivity contribution in [1.82, 2.24) is 15.0 Å². The van der Waals surface area contributed by atoms with E-state index in [1.165, 1.54) is 0 Å². The maximum Gasteiger partial charge on any atom is 0.224 e. The molecule has 2 rings (SSSR count). The number of hydrogen-bond donors (Lipinski definition) is 2. The number of nitrogen functional groups attached to an aromatic ring is 1. The standard InChI is InChI=1S/C11H12N4O2S/c1-16-6-4-3-5-7(17-2)8(6)9-13-10(12)15-11(18)14-9/h3-5H,1-2H3,(H3,12,13,14,15,18). The maximum atomic E-state index is 5.62. The Labute approximate surface area is 109 Å². The fraction of sp³-hybridized carbons (Fsp3) is 0.182. The fourth-order valence-electron chi connectivity index (χ4n) is 1.60. The van der Waals surface area contributed by atoms with Gasteiger partial charge in [-0.05, 0) is 24.4 Å². The van der Waals surface area contributed by atoms with Gasteiger partial charge in [0.05, 0.1) is 14.2 Å². The molecule has 0 aliphatic heterocycles. The average Bonchev–Trinajstić information content (AvgIpc) is 2.36. The Kier molecular flexibility index (Phi) is 3.42. The van der Waals surface area contributed by atoms with Gasteiger partial charge >= 0.3 is 0 Å². The van der Waals surface area contributed by atoms with E-state index in [4.69, 9.17) is 27.4 Å². The molecule has 1 aromatic carbocycles. The van der Waals surface area contributed by atoms with Crippen molar-refractivity contribution >= 4 is 18.2 Å². The minimum Gasteiger partial charge on any atom is -0.496 e. The van der Waals surface area contributed by atoms with Crippen molar-refractivity contribution in [3.05, 3.63) is 23.0 Å². The zero-order valence-electron chi connectivity index (χ0n) is 9.93. The maximum absolute atomic E-state index is 5.62. The van der Waals surface area contributed by atoms with Gasteiger partial charge in [0.1, 0.15) is 17.1 Å². The second-order valence-corrected chi connectivity index (χ2v) is 3.77. The molecule has 94 valence electrons. The molecule has 18 heavy (non-hydrogen) atoms. The lowest BCUT2D eigenvalue weighted by atomic mass is 10.1. The molecule has 0 unspecified atom stereocenters. The van der Waals surface area contributed by atoms with Crippen molar-refractivity contribution in [2.75, 3.05) is 20.0 Å². The number of methoxy groups -OCH3 is 2. The molecular weight excluding hydrogens is 252 g/mol. The highest BCUT2D eigenvalue weighted by Crippen LogP contribution is 2.36. The molecule has 0 radical (unpaired) electrons. The molecular formula is C11H12N4O2S. The number of benzene rings is 1. The number of anilines is 1. The van der Waals surface area contributed by atoms with E-state index in [0.29, 0.717) is 22.9 Å².